The zero-order valence-electron chi connectivity index (χ0n) is 10.9. The second-order valence-electron chi connectivity index (χ2n) is 4.31. The van der Waals surface area contributed by atoms with E-state index < -0.39 is 0 Å². The fourth-order valence-corrected chi connectivity index (χ4v) is 2.29. The number of para-hydroxylation sites is 1. The van der Waals surface area contributed by atoms with Crippen LogP contribution in [0, 0.1) is 0 Å². The van der Waals surface area contributed by atoms with Gasteiger partial charge >= 0.3 is 0 Å². The molecule has 0 aliphatic rings. The van der Waals surface area contributed by atoms with Crippen LogP contribution in [0.3, 0.4) is 0 Å². The highest BCUT2D eigenvalue weighted by Crippen LogP contribution is 2.29. The molecule has 0 bridgehead atoms. The van der Waals surface area contributed by atoms with Crippen molar-refractivity contribution in [1.29, 1.82) is 0 Å². The number of rotatable bonds is 4. The van der Waals surface area contributed by atoms with E-state index in [1.165, 1.54) is 0 Å². The molecule has 3 nitrogen and oxygen atoms in total. The molecule has 0 fully saturated rings. The van der Waals surface area contributed by atoms with E-state index in [1.807, 2.05) is 49.5 Å². The van der Waals surface area contributed by atoms with Gasteiger partial charge in [0, 0.05) is 30.9 Å². The van der Waals surface area contributed by atoms with Crippen LogP contribution in [0.2, 0.25) is 0 Å². The summed E-state index contributed by atoms with van der Waals surface area (Å²) < 4.78 is 5.93. The molecule has 0 aromatic heterocycles. The van der Waals surface area contributed by atoms with Gasteiger partial charge in [0.05, 0.1) is 11.6 Å². The Morgan fingerprint density at radius 2 is 1.95 bits per heavy atom. The molecule has 0 radical (unpaired) electrons. The number of hydrogen-bond acceptors (Lipinski definition) is 3. The maximum absolute atomic E-state index is 10.00. The van der Waals surface area contributed by atoms with Gasteiger partial charge in [-0.3, -0.25) is 0 Å². The van der Waals surface area contributed by atoms with Crippen LogP contribution in [0.4, 0.5) is 5.69 Å². The summed E-state index contributed by atoms with van der Waals surface area (Å²) in [5, 5.41) is 10.00. The first-order valence-electron chi connectivity index (χ1n) is 5.93. The molecule has 19 heavy (non-hydrogen) atoms. The smallest absolute Gasteiger partial charge is 0.134 e. The summed E-state index contributed by atoms with van der Waals surface area (Å²) in [4.78, 5) is 2.06. The van der Waals surface area contributed by atoms with Crippen molar-refractivity contribution < 1.29 is 9.84 Å². The average molecular weight is 322 g/mol. The molecule has 0 aliphatic carbocycles. The number of aromatic hydroxyl groups is 1. The van der Waals surface area contributed by atoms with Gasteiger partial charge in [0.15, 0.2) is 0 Å². The quantitative estimate of drug-likeness (QED) is 0.929. The topological polar surface area (TPSA) is 32.7 Å². The highest BCUT2D eigenvalue weighted by atomic mass is 79.9. The second-order valence-corrected chi connectivity index (χ2v) is 5.16. The monoisotopic (exact) mass is 321 g/mol. The SMILES string of the molecule is COc1cccc(N(C)Cc2cccc(Br)c2O)c1. The lowest BCUT2D eigenvalue weighted by atomic mass is 10.2. The van der Waals surface area contributed by atoms with Crippen LogP contribution in [0.5, 0.6) is 11.5 Å². The van der Waals surface area contributed by atoms with Crippen LogP contribution in [0.15, 0.2) is 46.9 Å². The van der Waals surface area contributed by atoms with Crippen molar-refractivity contribution in [3.63, 3.8) is 0 Å². The molecule has 100 valence electrons. The molecule has 4 heteroatoms. The Labute approximate surface area is 121 Å². The van der Waals surface area contributed by atoms with Crippen LogP contribution < -0.4 is 9.64 Å². The third kappa shape index (κ3) is 3.20. The van der Waals surface area contributed by atoms with Crippen molar-refractivity contribution >= 4 is 21.6 Å². The van der Waals surface area contributed by atoms with Crippen molar-refractivity contribution in [2.75, 3.05) is 19.1 Å². The normalized spacial score (nSPS) is 10.3. The van der Waals surface area contributed by atoms with Gasteiger partial charge in [0.25, 0.3) is 0 Å². The van der Waals surface area contributed by atoms with E-state index in [-0.39, 0.29) is 5.75 Å². The Balaban J connectivity index is 2.20. The lowest BCUT2D eigenvalue weighted by Crippen LogP contribution is -2.16. The van der Waals surface area contributed by atoms with E-state index in [0.717, 1.165) is 17.0 Å². The molecule has 1 N–H and O–H groups in total. The summed E-state index contributed by atoms with van der Waals surface area (Å²) >= 11 is 3.33. The number of benzene rings is 2. The van der Waals surface area contributed by atoms with E-state index in [2.05, 4.69) is 20.8 Å². The number of ether oxygens (including phenoxy) is 1. The largest absolute Gasteiger partial charge is 0.506 e. The number of nitrogens with zero attached hydrogens (tertiary/aromatic N) is 1. The molecular weight excluding hydrogens is 306 g/mol. The summed E-state index contributed by atoms with van der Waals surface area (Å²) in [6.07, 6.45) is 0. The highest BCUT2D eigenvalue weighted by molar-refractivity contribution is 9.10. The van der Waals surface area contributed by atoms with Crippen molar-refractivity contribution in [3.05, 3.63) is 52.5 Å². The number of halogens is 1. The molecule has 0 spiro atoms. The Hall–Kier alpha value is -1.68. The van der Waals surface area contributed by atoms with Gasteiger partial charge < -0.3 is 14.7 Å². The first-order chi connectivity index (χ1) is 9.11. The zero-order valence-corrected chi connectivity index (χ0v) is 12.5. The predicted octanol–water partition coefficient (Wildman–Crippen LogP) is 3.80. The summed E-state index contributed by atoms with van der Waals surface area (Å²) in [6.45, 7) is 0.623. The first kappa shape index (κ1) is 13.7. The van der Waals surface area contributed by atoms with Gasteiger partial charge in [0.1, 0.15) is 11.5 Å². The number of phenols is 1. The Bertz CT molecular complexity index is 572. The fraction of sp³-hybridized carbons (Fsp3) is 0.200. The van der Waals surface area contributed by atoms with Crippen LogP contribution in [0.25, 0.3) is 0 Å². The minimum absolute atomic E-state index is 0.289. The predicted molar refractivity (Wildman–Crippen MR) is 80.9 cm³/mol. The highest BCUT2D eigenvalue weighted by Gasteiger charge is 2.08. The van der Waals surface area contributed by atoms with Crippen LogP contribution in [-0.4, -0.2) is 19.3 Å². The van der Waals surface area contributed by atoms with E-state index in [9.17, 15) is 5.11 Å². The Morgan fingerprint density at radius 3 is 2.68 bits per heavy atom. The Morgan fingerprint density at radius 1 is 1.21 bits per heavy atom. The molecule has 2 aromatic carbocycles. The van der Waals surface area contributed by atoms with E-state index in [0.29, 0.717) is 11.0 Å². The van der Waals surface area contributed by atoms with E-state index in [1.54, 1.807) is 7.11 Å². The summed E-state index contributed by atoms with van der Waals surface area (Å²) in [6, 6.07) is 13.5. The lowest BCUT2D eigenvalue weighted by Gasteiger charge is -2.20. The summed E-state index contributed by atoms with van der Waals surface area (Å²) in [5.41, 5.74) is 1.92. The third-order valence-corrected chi connectivity index (χ3v) is 3.61. The maximum Gasteiger partial charge on any atom is 0.134 e. The van der Waals surface area contributed by atoms with Crippen LogP contribution >= 0.6 is 15.9 Å². The average Bonchev–Trinajstić information content (AvgIpc) is 2.44. The number of methoxy groups -OCH3 is 1. The maximum atomic E-state index is 10.00. The third-order valence-electron chi connectivity index (χ3n) is 2.97. The van der Waals surface area contributed by atoms with Crippen molar-refractivity contribution in [2.24, 2.45) is 0 Å². The molecule has 0 saturated heterocycles. The lowest BCUT2D eigenvalue weighted by molar-refractivity contribution is 0.415. The molecule has 0 unspecified atom stereocenters. The van der Waals surface area contributed by atoms with Crippen molar-refractivity contribution in [1.82, 2.24) is 0 Å². The fourth-order valence-electron chi connectivity index (χ4n) is 1.88. The van der Waals surface area contributed by atoms with Crippen molar-refractivity contribution in [3.8, 4) is 11.5 Å². The minimum Gasteiger partial charge on any atom is -0.506 e. The van der Waals surface area contributed by atoms with Gasteiger partial charge in [-0.15, -0.1) is 0 Å². The molecule has 2 aromatic rings. The molecule has 0 aliphatic heterocycles. The minimum atomic E-state index is 0.289. The van der Waals surface area contributed by atoms with Crippen LogP contribution in [0.1, 0.15) is 5.56 Å². The molecular formula is C15H16BrNO2. The van der Waals surface area contributed by atoms with Gasteiger partial charge in [0.2, 0.25) is 0 Å². The van der Waals surface area contributed by atoms with Crippen LogP contribution in [-0.2, 0) is 6.54 Å². The summed E-state index contributed by atoms with van der Waals surface area (Å²) in [7, 11) is 3.63. The van der Waals surface area contributed by atoms with E-state index >= 15 is 0 Å². The molecule has 0 atom stereocenters. The van der Waals surface area contributed by atoms with Gasteiger partial charge in [-0.2, -0.15) is 0 Å². The first-order valence-corrected chi connectivity index (χ1v) is 6.72. The van der Waals surface area contributed by atoms with Crippen molar-refractivity contribution in [2.45, 2.75) is 6.54 Å². The Kier molecular flexibility index (Phi) is 4.32. The van der Waals surface area contributed by atoms with Gasteiger partial charge in [-0.25, -0.2) is 0 Å². The number of hydrogen-bond donors (Lipinski definition) is 1. The molecule has 2 rings (SSSR count). The molecule has 0 amide bonds. The number of phenolic OH excluding ortho intramolecular Hbond substituents is 1. The van der Waals surface area contributed by atoms with E-state index in [4.69, 9.17) is 4.74 Å². The standard InChI is InChI=1S/C15H16BrNO2/c1-17(12-6-4-7-13(9-12)19-2)10-11-5-3-8-14(16)15(11)18/h3-9,18H,10H2,1-2H3. The van der Waals surface area contributed by atoms with Gasteiger partial charge in [-0.05, 0) is 34.1 Å². The molecule has 0 saturated carbocycles. The van der Waals surface area contributed by atoms with Gasteiger partial charge in [-0.1, -0.05) is 18.2 Å². The second kappa shape index (κ2) is 5.97. The zero-order chi connectivity index (χ0) is 13.8. The molecule has 0 heterocycles. The number of anilines is 1. The summed E-state index contributed by atoms with van der Waals surface area (Å²) in [5.74, 6) is 1.11.